The summed E-state index contributed by atoms with van der Waals surface area (Å²) in [6.07, 6.45) is 2.57. The van der Waals surface area contributed by atoms with Crippen LogP contribution in [0, 0.1) is 0 Å². The monoisotopic (exact) mass is 408 g/mol. The lowest BCUT2D eigenvalue weighted by atomic mass is 9.93. The molecular weight excluding hydrogens is 380 g/mol. The predicted octanol–water partition coefficient (Wildman–Crippen LogP) is 6.74. The SMILES string of the molecule is CCCc1c(-c2ccccc2)nc2ccccc2c1C(=O)NC(CC)c1ccccc1. The molecular formula is C28H28N2O. The molecule has 4 aromatic rings. The van der Waals surface area contributed by atoms with Crippen LogP contribution >= 0.6 is 0 Å². The molecule has 0 radical (unpaired) electrons. The van der Waals surface area contributed by atoms with Gasteiger partial charge in [0.25, 0.3) is 5.91 Å². The van der Waals surface area contributed by atoms with E-state index in [2.05, 4.69) is 43.4 Å². The van der Waals surface area contributed by atoms with Crippen molar-refractivity contribution in [1.82, 2.24) is 10.3 Å². The van der Waals surface area contributed by atoms with Gasteiger partial charge in [0.15, 0.2) is 0 Å². The van der Waals surface area contributed by atoms with Gasteiger partial charge in [0.2, 0.25) is 0 Å². The maximum atomic E-state index is 13.7. The number of amides is 1. The van der Waals surface area contributed by atoms with Gasteiger partial charge in [-0.3, -0.25) is 4.79 Å². The zero-order valence-electron chi connectivity index (χ0n) is 18.1. The van der Waals surface area contributed by atoms with Crippen molar-refractivity contribution in [3.8, 4) is 11.3 Å². The highest BCUT2D eigenvalue weighted by Gasteiger charge is 2.23. The molecule has 0 saturated heterocycles. The molecule has 31 heavy (non-hydrogen) atoms. The number of carbonyl (C=O) groups is 1. The average molecular weight is 409 g/mol. The number of carbonyl (C=O) groups excluding carboxylic acids is 1. The highest BCUT2D eigenvalue weighted by atomic mass is 16.1. The molecule has 156 valence electrons. The summed E-state index contributed by atoms with van der Waals surface area (Å²) in [6.45, 7) is 4.25. The van der Waals surface area contributed by atoms with E-state index in [-0.39, 0.29) is 11.9 Å². The first kappa shape index (κ1) is 20.8. The quantitative estimate of drug-likeness (QED) is 0.368. The third-order valence-electron chi connectivity index (χ3n) is 5.68. The fourth-order valence-electron chi connectivity index (χ4n) is 4.18. The summed E-state index contributed by atoms with van der Waals surface area (Å²) in [5, 5.41) is 4.21. The van der Waals surface area contributed by atoms with Gasteiger partial charge in [-0.25, -0.2) is 4.98 Å². The van der Waals surface area contributed by atoms with E-state index in [1.165, 1.54) is 0 Å². The topological polar surface area (TPSA) is 42.0 Å². The lowest BCUT2D eigenvalue weighted by Crippen LogP contribution is -2.29. The van der Waals surface area contributed by atoms with E-state index in [4.69, 9.17) is 4.98 Å². The van der Waals surface area contributed by atoms with Crippen LogP contribution in [0.25, 0.3) is 22.2 Å². The maximum absolute atomic E-state index is 13.7. The first-order valence-electron chi connectivity index (χ1n) is 11.1. The largest absolute Gasteiger partial charge is 0.345 e. The molecule has 1 heterocycles. The number of nitrogens with one attached hydrogen (secondary N) is 1. The molecule has 3 aromatic carbocycles. The zero-order valence-corrected chi connectivity index (χ0v) is 18.1. The molecule has 0 spiro atoms. The van der Waals surface area contributed by atoms with Gasteiger partial charge >= 0.3 is 0 Å². The van der Waals surface area contributed by atoms with Gasteiger partial charge in [-0.05, 0) is 30.0 Å². The van der Waals surface area contributed by atoms with E-state index >= 15 is 0 Å². The second-order valence-corrected chi connectivity index (χ2v) is 7.79. The van der Waals surface area contributed by atoms with Crippen molar-refractivity contribution in [3.63, 3.8) is 0 Å². The standard InChI is InChI=1S/C28H28N2O/c1-3-13-23-26(28(31)30-24(4-2)20-14-7-5-8-15-20)22-18-11-12-19-25(22)29-27(23)21-16-9-6-10-17-21/h5-12,14-19,24H,3-4,13H2,1-2H3,(H,30,31). The van der Waals surface area contributed by atoms with Crippen LogP contribution in [0.3, 0.4) is 0 Å². The van der Waals surface area contributed by atoms with Crippen molar-refractivity contribution in [2.24, 2.45) is 0 Å². The predicted molar refractivity (Wildman–Crippen MR) is 128 cm³/mol. The number of para-hydroxylation sites is 1. The summed E-state index contributed by atoms with van der Waals surface area (Å²) >= 11 is 0. The van der Waals surface area contributed by atoms with Gasteiger partial charge in [-0.2, -0.15) is 0 Å². The molecule has 3 nitrogen and oxygen atoms in total. The number of aromatic nitrogens is 1. The van der Waals surface area contributed by atoms with Crippen LogP contribution in [-0.4, -0.2) is 10.9 Å². The Labute approximate surface area is 184 Å². The van der Waals surface area contributed by atoms with Gasteiger partial charge in [0.05, 0.1) is 22.8 Å². The molecule has 0 aliphatic carbocycles. The molecule has 1 unspecified atom stereocenters. The molecule has 0 fully saturated rings. The molecule has 0 bridgehead atoms. The van der Waals surface area contributed by atoms with E-state index in [1.807, 2.05) is 60.7 Å². The second-order valence-electron chi connectivity index (χ2n) is 7.79. The van der Waals surface area contributed by atoms with Gasteiger partial charge in [-0.1, -0.05) is 99.1 Å². The number of fused-ring (bicyclic) bond motifs is 1. The van der Waals surface area contributed by atoms with Crippen LogP contribution in [0.2, 0.25) is 0 Å². The number of hydrogen-bond donors (Lipinski definition) is 1. The Balaban J connectivity index is 1.87. The van der Waals surface area contributed by atoms with Crippen molar-refractivity contribution < 1.29 is 4.79 Å². The summed E-state index contributed by atoms with van der Waals surface area (Å²) in [4.78, 5) is 18.7. The van der Waals surface area contributed by atoms with Crippen LogP contribution in [0.15, 0.2) is 84.9 Å². The first-order valence-corrected chi connectivity index (χ1v) is 11.1. The van der Waals surface area contributed by atoms with Crippen LogP contribution in [0.5, 0.6) is 0 Å². The number of rotatable bonds is 7. The zero-order chi connectivity index (χ0) is 21.6. The fourth-order valence-corrected chi connectivity index (χ4v) is 4.18. The minimum absolute atomic E-state index is 0.0321. The minimum atomic E-state index is -0.0325. The number of hydrogen-bond acceptors (Lipinski definition) is 2. The lowest BCUT2D eigenvalue weighted by molar-refractivity contribution is 0.0936. The normalized spacial score (nSPS) is 11.9. The summed E-state index contributed by atoms with van der Waals surface area (Å²) in [5.41, 5.74) is 5.68. The summed E-state index contributed by atoms with van der Waals surface area (Å²) in [7, 11) is 0. The number of nitrogens with zero attached hydrogens (tertiary/aromatic N) is 1. The van der Waals surface area contributed by atoms with Crippen molar-refractivity contribution in [3.05, 3.63) is 102 Å². The maximum Gasteiger partial charge on any atom is 0.252 e. The molecule has 0 aliphatic heterocycles. The van der Waals surface area contributed by atoms with Crippen LogP contribution in [-0.2, 0) is 6.42 Å². The van der Waals surface area contributed by atoms with Gasteiger partial charge < -0.3 is 5.32 Å². The highest BCUT2D eigenvalue weighted by molar-refractivity contribution is 6.09. The Morgan fingerprint density at radius 3 is 2.19 bits per heavy atom. The fraction of sp³-hybridized carbons (Fsp3) is 0.214. The van der Waals surface area contributed by atoms with E-state index in [0.29, 0.717) is 0 Å². The van der Waals surface area contributed by atoms with Gasteiger partial charge in [0, 0.05) is 10.9 Å². The minimum Gasteiger partial charge on any atom is -0.345 e. The summed E-state index contributed by atoms with van der Waals surface area (Å²) < 4.78 is 0. The van der Waals surface area contributed by atoms with Crippen LogP contribution < -0.4 is 5.32 Å². The van der Waals surface area contributed by atoms with Crippen molar-refractivity contribution in [2.45, 2.75) is 39.2 Å². The molecule has 0 aliphatic rings. The average Bonchev–Trinajstić information content (AvgIpc) is 2.83. The van der Waals surface area contributed by atoms with E-state index < -0.39 is 0 Å². The summed E-state index contributed by atoms with van der Waals surface area (Å²) in [6, 6.07) is 28.3. The molecule has 3 heteroatoms. The Kier molecular flexibility index (Phi) is 6.42. The van der Waals surface area contributed by atoms with E-state index in [1.54, 1.807) is 0 Å². The Morgan fingerprint density at radius 2 is 1.52 bits per heavy atom. The molecule has 1 aromatic heterocycles. The van der Waals surface area contributed by atoms with Crippen LogP contribution in [0.1, 0.15) is 54.2 Å². The third-order valence-corrected chi connectivity index (χ3v) is 5.68. The Morgan fingerprint density at radius 1 is 0.871 bits per heavy atom. The van der Waals surface area contributed by atoms with Crippen molar-refractivity contribution in [1.29, 1.82) is 0 Å². The molecule has 1 amide bonds. The highest BCUT2D eigenvalue weighted by Crippen LogP contribution is 2.32. The smallest absolute Gasteiger partial charge is 0.252 e. The van der Waals surface area contributed by atoms with E-state index in [9.17, 15) is 4.79 Å². The number of pyridine rings is 1. The van der Waals surface area contributed by atoms with E-state index in [0.717, 1.165) is 58.1 Å². The van der Waals surface area contributed by atoms with Crippen molar-refractivity contribution >= 4 is 16.8 Å². The molecule has 1 atom stereocenters. The number of benzene rings is 3. The lowest BCUT2D eigenvalue weighted by Gasteiger charge is -2.21. The Bertz CT molecular complexity index is 1170. The Hall–Kier alpha value is -3.46. The third kappa shape index (κ3) is 4.36. The summed E-state index contributed by atoms with van der Waals surface area (Å²) in [5.74, 6) is -0.0325. The van der Waals surface area contributed by atoms with Gasteiger partial charge in [-0.15, -0.1) is 0 Å². The first-order chi connectivity index (χ1) is 15.2. The molecule has 1 N–H and O–H groups in total. The van der Waals surface area contributed by atoms with Crippen molar-refractivity contribution in [2.75, 3.05) is 0 Å². The second kappa shape index (κ2) is 9.57. The molecule has 0 saturated carbocycles. The van der Waals surface area contributed by atoms with Crippen LogP contribution in [0.4, 0.5) is 0 Å². The molecule has 4 rings (SSSR count). The van der Waals surface area contributed by atoms with Gasteiger partial charge in [0.1, 0.15) is 0 Å².